The molecular weight excluding hydrogens is 404 g/mol. The van der Waals surface area contributed by atoms with Gasteiger partial charge in [0.1, 0.15) is 5.69 Å². The number of rotatable bonds is 11. The third-order valence-electron chi connectivity index (χ3n) is 6.38. The lowest BCUT2D eigenvalue weighted by Crippen LogP contribution is -2.37. The second-order valence-electron chi connectivity index (χ2n) is 8.72. The minimum atomic E-state index is 0.00213. The Hall–Kier alpha value is -2.45. The number of hydrogen-bond acceptors (Lipinski definition) is 6. The third-order valence-corrected chi connectivity index (χ3v) is 6.38. The van der Waals surface area contributed by atoms with Crippen molar-refractivity contribution in [2.75, 3.05) is 57.4 Å². The zero-order valence-corrected chi connectivity index (χ0v) is 19.4. The lowest BCUT2D eigenvalue weighted by atomic mass is 10.2. The Morgan fingerprint density at radius 2 is 1.88 bits per heavy atom. The van der Waals surface area contributed by atoms with Crippen molar-refractivity contribution in [3.8, 4) is 11.1 Å². The fourth-order valence-electron chi connectivity index (χ4n) is 4.12. The SMILES string of the molecule is CCN(CC)CCCNC(=O)c1cc(-c2cnc(N3CCOCC3)nc2)cn1CC1CC1. The van der Waals surface area contributed by atoms with Crippen molar-refractivity contribution >= 4 is 11.9 Å². The van der Waals surface area contributed by atoms with Crippen molar-refractivity contribution < 1.29 is 9.53 Å². The summed E-state index contributed by atoms with van der Waals surface area (Å²) in [5, 5.41) is 3.12. The van der Waals surface area contributed by atoms with Crippen LogP contribution in [0.4, 0.5) is 5.95 Å². The number of hydrogen-bond donors (Lipinski definition) is 1. The van der Waals surface area contributed by atoms with E-state index in [0.29, 0.717) is 25.7 Å². The van der Waals surface area contributed by atoms with Crippen LogP contribution in [0.15, 0.2) is 24.7 Å². The predicted octanol–water partition coefficient (Wildman–Crippen LogP) is 2.65. The number of carbonyl (C=O) groups is 1. The van der Waals surface area contributed by atoms with Gasteiger partial charge in [0.25, 0.3) is 5.91 Å². The molecule has 1 saturated heterocycles. The standard InChI is InChI=1S/C24H36N6O2/c1-3-28(4-2)9-5-8-25-23(31)22-14-20(18-30(22)17-19-6-7-19)21-15-26-24(27-16-21)29-10-12-32-13-11-29/h14-16,18-19H,3-13,17H2,1-2H3,(H,25,31). The van der Waals surface area contributed by atoms with Crippen LogP contribution in [0.5, 0.6) is 0 Å². The fraction of sp³-hybridized carbons (Fsp3) is 0.625. The maximum atomic E-state index is 13.0. The summed E-state index contributed by atoms with van der Waals surface area (Å²) in [6.07, 6.45) is 9.25. The molecule has 4 rings (SSSR count). The van der Waals surface area contributed by atoms with Gasteiger partial charge in [-0.05, 0) is 50.9 Å². The molecule has 2 aromatic heterocycles. The van der Waals surface area contributed by atoms with Gasteiger partial charge in [-0.2, -0.15) is 0 Å². The number of morpholine rings is 1. The number of amides is 1. The van der Waals surface area contributed by atoms with Crippen LogP contribution < -0.4 is 10.2 Å². The van der Waals surface area contributed by atoms with Crippen LogP contribution in [0.25, 0.3) is 11.1 Å². The molecule has 0 spiro atoms. The first-order chi connectivity index (χ1) is 15.7. The molecule has 0 radical (unpaired) electrons. The van der Waals surface area contributed by atoms with Gasteiger partial charge in [0.05, 0.1) is 13.2 Å². The summed E-state index contributed by atoms with van der Waals surface area (Å²) in [5.74, 6) is 1.42. The Balaban J connectivity index is 1.42. The molecule has 1 saturated carbocycles. The largest absolute Gasteiger partial charge is 0.378 e. The van der Waals surface area contributed by atoms with Gasteiger partial charge in [-0.15, -0.1) is 0 Å². The normalized spacial score (nSPS) is 16.5. The van der Waals surface area contributed by atoms with E-state index in [1.807, 2.05) is 18.5 Å². The van der Waals surface area contributed by atoms with E-state index >= 15 is 0 Å². The molecule has 0 bridgehead atoms. The number of aromatic nitrogens is 3. The molecule has 0 unspecified atom stereocenters. The van der Waals surface area contributed by atoms with Gasteiger partial charge in [-0.25, -0.2) is 9.97 Å². The first-order valence-corrected chi connectivity index (χ1v) is 12.0. The maximum absolute atomic E-state index is 13.0. The van der Waals surface area contributed by atoms with E-state index < -0.39 is 0 Å². The molecule has 3 heterocycles. The van der Waals surface area contributed by atoms with E-state index in [0.717, 1.165) is 68.5 Å². The Kier molecular flexibility index (Phi) is 7.76. The Morgan fingerprint density at radius 1 is 1.16 bits per heavy atom. The summed E-state index contributed by atoms with van der Waals surface area (Å²) in [5.41, 5.74) is 2.66. The molecule has 0 atom stereocenters. The van der Waals surface area contributed by atoms with Gasteiger partial charge in [0.15, 0.2) is 0 Å². The molecule has 0 aromatic carbocycles. The van der Waals surface area contributed by atoms with Gasteiger partial charge >= 0.3 is 0 Å². The summed E-state index contributed by atoms with van der Waals surface area (Å²) >= 11 is 0. The Bertz CT molecular complexity index is 867. The zero-order valence-electron chi connectivity index (χ0n) is 19.4. The lowest BCUT2D eigenvalue weighted by Gasteiger charge is -2.26. The van der Waals surface area contributed by atoms with Gasteiger partial charge in [0, 0.05) is 55.9 Å². The van der Waals surface area contributed by atoms with Gasteiger partial charge in [0.2, 0.25) is 5.95 Å². The van der Waals surface area contributed by atoms with Crippen molar-refractivity contribution in [2.45, 2.75) is 39.7 Å². The van der Waals surface area contributed by atoms with Crippen LogP contribution in [-0.2, 0) is 11.3 Å². The quantitative estimate of drug-likeness (QED) is 0.542. The van der Waals surface area contributed by atoms with Gasteiger partial charge < -0.3 is 24.4 Å². The molecule has 1 amide bonds. The highest BCUT2D eigenvalue weighted by atomic mass is 16.5. The molecular formula is C24H36N6O2. The Labute approximate surface area is 191 Å². The smallest absolute Gasteiger partial charge is 0.267 e. The van der Waals surface area contributed by atoms with Crippen LogP contribution >= 0.6 is 0 Å². The minimum Gasteiger partial charge on any atom is -0.378 e. The third kappa shape index (κ3) is 5.86. The van der Waals surface area contributed by atoms with Crippen LogP contribution in [0.1, 0.15) is 43.6 Å². The fourth-order valence-corrected chi connectivity index (χ4v) is 4.12. The van der Waals surface area contributed by atoms with Crippen molar-refractivity contribution in [1.29, 1.82) is 0 Å². The second kappa shape index (κ2) is 10.9. The summed E-state index contributed by atoms with van der Waals surface area (Å²) in [7, 11) is 0. The molecule has 1 N–H and O–H groups in total. The molecule has 2 aliphatic rings. The first kappa shape index (κ1) is 22.7. The van der Waals surface area contributed by atoms with E-state index in [-0.39, 0.29) is 5.91 Å². The van der Waals surface area contributed by atoms with E-state index in [2.05, 4.69) is 49.7 Å². The summed E-state index contributed by atoms with van der Waals surface area (Å²) < 4.78 is 7.52. The van der Waals surface area contributed by atoms with E-state index in [1.54, 1.807) is 0 Å². The molecule has 8 nitrogen and oxygen atoms in total. The van der Waals surface area contributed by atoms with E-state index in [9.17, 15) is 4.79 Å². The van der Waals surface area contributed by atoms with Crippen molar-refractivity contribution in [3.05, 3.63) is 30.4 Å². The molecule has 1 aliphatic carbocycles. The summed E-state index contributed by atoms with van der Waals surface area (Å²) in [6, 6.07) is 1.98. The average molecular weight is 441 g/mol. The maximum Gasteiger partial charge on any atom is 0.267 e. The molecule has 1 aliphatic heterocycles. The molecule has 2 fully saturated rings. The summed E-state index contributed by atoms with van der Waals surface area (Å²) in [6.45, 7) is 12.1. The van der Waals surface area contributed by atoms with Crippen LogP contribution in [0.2, 0.25) is 0 Å². The molecule has 2 aromatic rings. The molecule has 174 valence electrons. The van der Waals surface area contributed by atoms with Crippen molar-refractivity contribution in [2.24, 2.45) is 5.92 Å². The first-order valence-electron chi connectivity index (χ1n) is 12.0. The van der Waals surface area contributed by atoms with Crippen LogP contribution in [0.3, 0.4) is 0 Å². The predicted molar refractivity (Wildman–Crippen MR) is 126 cm³/mol. The van der Waals surface area contributed by atoms with E-state index in [4.69, 9.17) is 4.74 Å². The van der Waals surface area contributed by atoms with Crippen LogP contribution in [-0.4, -0.2) is 77.8 Å². The van der Waals surface area contributed by atoms with Crippen molar-refractivity contribution in [1.82, 2.24) is 24.8 Å². The lowest BCUT2D eigenvalue weighted by molar-refractivity contribution is 0.0942. The Morgan fingerprint density at radius 3 is 2.53 bits per heavy atom. The minimum absolute atomic E-state index is 0.00213. The highest BCUT2D eigenvalue weighted by Crippen LogP contribution is 2.32. The average Bonchev–Trinajstić information content (AvgIpc) is 3.56. The highest BCUT2D eigenvalue weighted by molar-refractivity contribution is 5.94. The number of nitrogens with one attached hydrogen (secondary N) is 1. The zero-order chi connectivity index (χ0) is 22.3. The van der Waals surface area contributed by atoms with Crippen molar-refractivity contribution in [3.63, 3.8) is 0 Å². The summed E-state index contributed by atoms with van der Waals surface area (Å²) in [4.78, 5) is 26.6. The topological polar surface area (TPSA) is 75.5 Å². The van der Waals surface area contributed by atoms with Gasteiger partial charge in [-0.3, -0.25) is 4.79 Å². The van der Waals surface area contributed by atoms with Crippen LogP contribution in [0, 0.1) is 5.92 Å². The molecule has 8 heteroatoms. The number of ether oxygens (including phenoxy) is 1. The van der Waals surface area contributed by atoms with E-state index in [1.165, 1.54) is 12.8 Å². The number of carbonyl (C=O) groups excluding carboxylic acids is 1. The number of anilines is 1. The monoisotopic (exact) mass is 440 g/mol. The molecule has 32 heavy (non-hydrogen) atoms. The second-order valence-corrected chi connectivity index (χ2v) is 8.72. The number of nitrogens with zero attached hydrogens (tertiary/aromatic N) is 5. The van der Waals surface area contributed by atoms with Gasteiger partial charge in [-0.1, -0.05) is 13.8 Å². The highest BCUT2D eigenvalue weighted by Gasteiger charge is 2.25.